The minimum Gasteiger partial charge on any atom is -0.494 e. The Morgan fingerprint density at radius 3 is 2.38 bits per heavy atom. The number of amides is 1. The van der Waals surface area contributed by atoms with E-state index in [1.165, 1.54) is 0 Å². The number of methoxy groups -OCH3 is 3. The van der Waals surface area contributed by atoms with Crippen LogP contribution >= 0.6 is 0 Å². The monoisotopic (exact) mass is 294 g/mol. The van der Waals surface area contributed by atoms with Crippen molar-refractivity contribution in [2.45, 2.75) is 12.8 Å². The molecule has 2 rings (SSSR count). The van der Waals surface area contributed by atoms with Gasteiger partial charge in [-0.1, -0.05) is 0 Å². The lowest BCUT2D eigenvalue weighted by Crippen LogP contribution is -2.37. The van der Waals surface area contributed by atoms with Crippen LogP contribution in [0.3, 0.4) is 0 Å². The molecule has 0 aromatic heterocycles. The lowest BCUT2D eigenvalue weighted by molar-refractivity contribution is -0.120. The maximum absolute atomic E-state index is 12.3. The lowest BCUT2D eigenvalue weighted by Gasteiger charge is -2.22. The van der Waals surface area contributed by atoms with Crippen LogP contribution < -0.4 is 24.8 Å². The summed E-state index contributed by atoms with van der Waals surface area (Å²) in [4.78, 5) is 12.3. The Labute approximate surface area is 124 Å². The molecule has 21 heavy (non-hydrogen) atoms. The van der Waals surface area contributed by atoms with Crippen molar-refractivity contribution in [1.29, 1.82) is 0 Å². The molecule has 1 unspecified atom stereocenters. The Bertz CT molecular complexity index is 499. The molecule has 1 heterocycles. The summed E-state index contributed by atoms with van der Waals surface area (Å²) < 4.78 is 15.8. The van der Waals surface area contributed by atoms with Gasteiger partial charge in [0.25, 0.3) is 0 Å². The molecule has 6 heteroatoms. The molecule has 0 bridgehead atoms. The van der Waals surface area contributed by atoms with Crippen molar-refractivity contribution < 1.29 is 19.0 Å². The third-order valence-electron chi connectivity index (χ3n) is 3.63. The summed E-state index contributed by atoms with van der Waals surface area (Å²) in [6, 6.07) is 3.42. The van der Waals surface area contributed by atoms with Gasteiger partial charge in [0.05, 0.1) is 32.9 Å². The van der Waals surface area contributed by atoms with Crippen molar-refractivity contribution in [3.8, 4) is 17.2 Å². The Balaban J connectivity index is 2.19. The van der Waals surface area contributed by atoms with Crippen molar-refractivity contribution in [3.63, 3.8) is 0 Å². The Kier molecular flexibility index (Phi) is 5.27. The highest BCUT2D eigenvalue weighted by Gasteiger charge is 2.22. The highest BCUT2D eigenvalue weighted by atomic mass is 16.5. The third-order valence-corrected chi connectivity index (χ3v) is 3.63. The number of nitrogens with one attached hydrogen (secondary N) is 2. The maximum Gasteiger partial charge on any atom is 0.228 e. The summed E-state index contributed by atoms with van der Waals surface area (Å²) in [6.07, 6.45) is 1.91. The molecule has 1 aliphatic heterocycles. The number of rotatable bonds is 5. The molecule has 116 valence electrons. The number of hydrogen-bond donors (Lipinski definition) is 2. The second-order valence-electron chi connectivity index (χ2n) is 4.94. The van der Waals surface area contributed by atoms with Crippen LogP contribution in [0.2, 0.25) is 0 Å². The summed E-state index contributed by atoms with van der Waals surface area (Å²) >= 11 is 0. The fourth-order valence-corrected chi connectivity index (χ4v) is 2.44. The second kappa shape index (κ2) is 7.17. The molecular weight excluding hydrogens is 272 g/mol. The zero-order chi connectivity index (χ0) is 15.2. The zero-order valence-electron chi connectivity index (χ0n) is 12.7. The first-order chi connectivity index (χ1) is 10.2. The van der Waals surface area contributed by atoms with Gasteiger partial charge >= 0.3 is 0 Å². The van der Waals surface area contributed by atoms with E-state index < -0.39 is 0 Å². The summed E-state index contributed by atoms with van der Waals surface area (Å²) in [5, 5.41) is 6.15. The number of carbonyl (C=O) groups excluding carboxylic acids is 1. The molecule has 0 aliphatic carbocycles. The molecule has 0 spiro atoms. The molecule has 1 aromatic rings. The van der Waals surface area contributed by atoms with Crippen LogP contribution in [0.1, 0.15) is 12.8 Å². The van der Waals surface area contributed by atoms with E-state index in [1.807, 2.05) is 0 Å². The second-order valence-corrected chi connectivity index (χ2v) is 4.94. The predicted octanol–water partition coefficient (Wildman–Crippen LogP) is 1.65. The SMILES string of the molecule is COc1cc(OC)c(OC)cc1NC(=O)C1CCCNC1. The standard InChI is InChI=1S/C15H22N2O4/c1-19-12-8-14(21-3)13(20-2)7-11(12)17-15(18)10-5-4-6-16-9-10/h7-8,10,16H,4-6,9H2,1-3H3,(H,17,18). The number of carbonyl (C=O) groups is 1. The van der Waals surface area contributed by atoms with Gasteiger partial charge in [-0.05, 0) is 19.4 Å². The molecule has 0 radical (unpaired) electrons. The van der Waals surface area contributed by atoms with Crippen molar-refractivity contribution in [1.82, 2.24) is 5.32 Å². The summed E-state index contributed by atoms with van der Waals surface area (Å²) in [5.74, 6) is 1.64. The predicted molar refractivity (Wildman–Crippen MR) is 80.3 cm³/mol. The molecule has 2 N–H and O–H groups in total. The summed E-state index contributed by atoms with van der Waals surface area (Å²) in [7, 11) is 4.67. The van der Waals surface area contributed by atoms with Crippen molar-refractivity contribution in [2.24, 2.45) is 5.92 Å². The average molecular weight is 294 g/mol. The highest BCUT2D eigenvalue weighted by molar-refractivity contribution is 5.94. The van der Waals surface area contributed by atoms with Crippen molar-refractivity contribution in [2.75, 3.05) is 39.7 Å². The van der Waals surface area contributed by atoms with Crippen LogP contribution in [-0.4, -0.2) is 40.3 Å². The lowest BCUT2D eigenvalue weighted by atomic mass is 9.99. The Morgan fingerprint density at radius 1 is 1.14 bits per heavy atom. The van der Waals surface area contributed by atoms with E-state index in [-0.39, 0.29) is 11.8 Å². The largest absolute Gasteiger partial charge is 0.494 e. The van der Waals surface area contributed by atoms with Crippen LogP contribution in [0.25, 0.3) is 0 Å². The normalized spacial score (nSPS) is 18.0. The van der Waals surface area contributed by atoms with E-state index >= 15 is 0 Å². The summed E-state index contributed by atoms with van der Waals surface area (Å²) in [6.45, 7) is 1.69. The minimum atomic E-state index is -0.0171. The zero-order valence-corrected chi connectivity index (χ0v) is 12.7. The first-order valence-corrected chi connectivity index (χ1v) is 7.01. The quantitative estimate of drug-likeness (QED) is 0.864. The molecular formula is C15H22N2O4. The third kappa shape index (κ3) is 3.58. The van der Waals surface area contributed by atoms with E-state index in [1.54, 1.807) is 33.5 Å². The van der Waals surface area contributed by atoms with Crippen LogP contribution in [0.15, 0.2) is 12.1 Å². The summed E-state index contributed by atoms with van der Waals surface area (Å²) in [5.41, 5.74) is 0.589. The van der Waals surface area contributed by atoms with Gasteiger partial charge in [0.15, 0.2) is 11.5 Å². The number of benzene rings is 1. The van der Waals surface area contributed by atoms with E-state index in [4.69, 9.17) is 14.2 Å². The fraction of sp³-hybridized carbons (Fsp3) is 0.533. The molecule has 0 saturated carbocycles. The van der Waals surface area contributed by atoms with Gasteiger partial charge in [0.1, 0.15) is 5.75 Å². The van der Waals surface area contributed by atoms with E-state index in [9.17, 15) is 4.79 Å². The van der Waals surface area contributed by atoms with Gasteiger partial charge in [-0.2, -0.15) is 0 Å². The molecule has 6 nitrogen and oxygen atoms in total. The van der Waals surface area contributed by atoms with Gasteiger partial charge in [-0.15, -0.1) is 0 Å². The number of hydrogen-bond acceptors (Lipinski definition) is 5. The molecule has 1 fully saturated rings. The van der Waals surface area contributed by atoms with Crippen LogP contribution in [-0.2, 0) is 4.79 Å². The topological polar surface area (TPSA) is 68.8 Å². The smallest absolute Gasteiger partial charge is 0.228 e. The average Bonchev–Trinajstić information content (AvgIpc) is 2.55. The maximum atomic E-state index is 12.3. The van der Waals surface area contributed by atoms with Crippen LogP contribution in [0.5, 0.6) is 17.2 Å². The molecule has 1 aliphatic rings. The first-order valence-electron chi connectivity index (χ1n) is 7.01. The first kappa shape index (κ1) is 15.4. The van der Waals surface area contributed by atoms with Gasteiger partial charge in [0, 0.05) is 18.7 Å². The van der Waals surface area contributed by atoms with Crippen molar-refractivity contribution >= 4 is 11.6 Å². The highest BCUT2D eigenvalue weighted by Crippen LogP contribution is 2.38. The number of anilines is 1. The molecule has 1 amide bonds. The van der Waals surface area contributed by atoms with Gasteiger partial charge < -0.3 is 24.8 Å². The fourth-order valence-electron chi connectivity index (χ4n) is 2.44. The van der Waals surface area contributed by atoms with Crippen molar-refractivity contribution in [3.05, 3.63) is 12.1 Å². The van der Waals surface area contributed by atoms with Gasteiger partial charge in [-0.3, -0.25) is 4.79 Å². The van der Waals surface area contributed by atoms with Crippen LogP contribution in [0, 0.1) is 5.92 Å². The molecule has 1 saturated heterocycles. The molecule has 1 atom stereocenters. The van der Waals surface area contributed by atoms with Crippen LogP contribution in [0.4, 0.5) is 5.69 Å². The minimum absolute atomic E-state index is 0.00674. The van der Waals surface area contributed by atoms with Gasteiger partial charge in [0.2, 0.25) is 5.91 Å². The number of ether oxygens (including phenoxy) is 3. The van der Waals surface area contributed by atoms with E-state index in [0.717, 1.165) is 19.4 Å². The van der Waals surface area contributed by atoms with Gasteiger partial charge in [-0.25, -0.2) is 0 Å². The molecule has 1 aromatic carbocycles. The van der Waals surface area contributed by atoms with E-state index in [2.05, 4.69) is 10.6 Å². The van der Waals surface area contributed by atoms with E-state index in [0.29, 0.717) is 29.5 Å². The Hall–Kier alpha value is -1.95. The number of piperidine rings is 1. The Morgan fingerprint density at radius 2 is 1.81 bits per heavy atom.